The molecular weight excluding hydrogens is 222 g/mol. The Labute approximate surface area is 115 Å². The van der Waals surface area contributed by atoms with Crippen LogP contribution in [0.25, 0.3) is 0 Å². The minimum Gasteiger partial charge on any atom is -0.870 e. The maximum Gasteiger partial charge on any atom is 0.0821 e. The molecule has 0 radical (unpaired) electrons. The molecule has 0 atom stereocenters. The predicted molar refractivity (Wildman–Crippen MR) is 81.2 cm³/mol. The lowest BCUT2D eigenvalue weighted by atomic mass is 10.1. The van der Waals surface area contributed by atoms with E-state index < -0.39 is 0 Å². The lowest BCUT2D eigenvalue weighted by Gasteiger charge is -2.39. The first kappa shape index (κ1) is 20.0. The summed E-state index contributed by atoms with van der Waals surface area (Å²) < 4.78 is 1.35. The summed E-state index contributed by atoms with van der Waals surface area (Å²) in [5.74, 6) is 0. The molecule has 2 nitrogen and oxygen atoms in total. The summed E-state index contributed by atoms with van der Waals surface area (Å²) >= 11 is 0. The molecule has 1 N–H and O–H groups in total. The fourth-order valence-electron chi connectivity index (χ4n) is 2.52. The van der Waals surface area contributed by atoms with Gasteiger partial charge in [0, 0.05) is 6.42 Å². The van der Waals surface area contributed by atoms with Crippen LogP contribution in [0.3, 0.4) is 0 Å². The molecule has 0 saturated heterocycles. The van der Waals surface area contributed by atoms with Crippen molar-refractivity contribution in [3.05, 3.63) is 12.7 Å². The van der Waals surface area contributed by atoms with E-state index in [1.165, 1.54) is 75.6 Å². The molecule has 0 aliphatic carbocycles. The summed E-state index contributed by atoms with van der Waals surface area (Å²) in [5.41, 5.74) is 0. The van der Waals surface area contributed by atoms with Gasteiger partial charge in [0.05, 0.1) is 26.2 Å². The van der Waals surface area contributed by atoms with Crippen LogP contribution in [-0.4, -0.2) is 36.1 Å². The molecule has 0 fully saturated rings. The molecule has 0 saturated carbocycles. The lowest BCUT2D eigenvalue weighted by molar-refractivity contribution is -0.928. The minimum atomic E-state index is 0. The molecule has 0 aromatic rings. The monoisotopic (exact) mass is 257 g/mol. The van der Waals surface area contributed by atoms with E-state index in [4.69, 9.17) is 0 Å². The van der Waals surface area contributed by atoms with Crippen LogP contribution in [-0.2, 0) is 0 Å². The molecule has 0 aliphatic rings. The highest BCUT2D eigenvalue weighted by Crippen LogP contribution is 2.15. The van der Waals surface area contributed by atoms with Crippen LogP contribution < -0.4 is 0 Å². The van der Waals surface area contributed by atoms with Gasteiger partial charge in [-0.25, -0.2) is 0 Å². The van der Waals surface area contributed by atoms with Gasteiger partial charge < -0.3 is 9.96 Å². The molecule has 0 aromatic heterocycles. The van der Waals surface area contributed by atoms with Gasteiger partial charge >= 0.3 is 0 Å². The zero-order valence-electron chi connectivity index (χ0n) is 13.0. The van der Waals surface area contributed by atoms with Crippen molar-refractivity contribution in [3.63, 3.8) is 0 Å². The minimum absolute atomic E-state index is 0. The SMILES string of the molecule is C=CCC[N+](CCCC)(CCCC)CCCC.[OH-]. The van der Waals surface area contributed by atoms with Crippen LogP contribution in [0.4, 0.5) is 0 Å². The Morgan fingerprint density at radius 3 is 1.44 bits per heavy atom. The van der Waals surface area contributed by atoms with Crippen molar-refractivity contribution in [1.29, 1.82) is 0 Å². The first-order chi connectivity index (χ1) is 8.24. The summed E-state index contributed by atoms with van der Waals surface area (Å²) in [6, 6.07) is 0. The van der Waals surface area contributed by atoms with Crippen molar-refractivity contribution in [2.75, 3.05) is 26.2 Å². The fourth-order valence-corrected chi connectivity index (χ4v) is 2.52. The van der Waals surface area contributed by atoms with Crippen molar-refractivity contribution in [1.82, 2.24) is 0 Å². The molecule has 0 spiro atoms. The van der Waals surface area contributed by atoms with Gasteiger partial charge in [0.25, 0.3) is 0 Å². The average Bonchev–Trinajstić information content (AvgIpc) is 2.37. The number of rotatable bonds is 12. The molecule has 0 heterocycles. The second-order valence-electron chi connectivity index (χ2n) is 5.37. The van der Waals surface area contributed by atoms with Crippen LogP contribution in [0.1, 0.15) is 65.7 Å². The molecule has 0 bridgehead atoms. The number of nitrogens with zero attached hydrogens (tertiary/aromatic N) is 1. The Morgan fingerprint density at radius 1 is 0.778 bits per heavy atom. The first-order valence-corrected chi connectivity index (χ1v) is 7.70. The maximum absolute atomic E-state index is 3.89. The van der Waals surface area contributed by atoms with Crippen LogP contribution in [0, 0.1) is 0 Å². The Kier molecular flexibility index (Phi) is 14.5. The van der Waals surface area contributed by atoms with E-state index in [2.05, 4.69) is 33.4 Å². The van der Waals surface area contributed by atoms with Gasteiger partial charge in [-0.15, -0.1) is 6.58 Å². The van der Waals surface area contributed by atoms with E-state index in [-0.39, 0.29) is 5.48 Å². The van der Waals surface area contributed by atoms with E-state index in [9.17, 15) is 0 Å². The fraction of sp³-hybridized carbons (Fsp3) is 0.875. The van der Waals surface area contributed by atoms with Gasteiger partial charge in [-0.1, -0.05) is 46.1 Å². The quantitative estimate of drug-likeness (QED) is 0.371. The third-order valence-electron chi connectivity index (χ3n) is 3.77. The van der Waals surface area contributed by atoms with Crippen LogP contribution in [0.15, 0.2) is 12.7 Å². The molecule has 0 amide bonds. The summed E-state index contributed by atoms with van der Waals surface area (Å²) in [6.07, 6.45) is 11.4. The largest absolute Gasteiger partial charge is 0.870 e. The first-order valence-electron chi connectivity index (χ1n) is 7.70. The van der Waals surface area contributed by atoms with Crippen molar-refractivity contribution < 1.29 is 9.96 Å². The normalized spacial score (nSPS) is 11.1. The van der Waals surface area contributed by atoms with Crippen molar-refractivity contribution >= 4 is 0 Å². The van der Waals surface area contributed by atoms with Gasteiger partial charge in [0.2, 0.25) is 0 Å². The zero-order valence-corrected chi connectivity index (χ0v) is 13.0. The van der Waals surface area contributed by atoms with Gasteiger partial charge in [0.1, 0.15) is 0 Å². The second-order valence-corrected chi connectivity index (χ2v) is 5.37. The number of hydrogen-bond donors (Lipinski definition) is 0. The molecule has 18 heavy (non-hydrogen) atoms. The van der Waals surface area contributed by atoms with Crippen molar-refractivity contribution in [3.8, 4) is 0 Å². The molecule has 0 unspecified atom stereocenters. The highest BCUT2D eigenvalue weighted by Gasteiger charge is 2.24. The van der Waals surface area contributed by atoms with Crippen molar-refractivity contribution in [2.45, 2.75) is 65.7 Å². The highest BCUT2D eigenvalue weighted by molar-refractivity contribution is 4.66. The van der Waals surface area contributed by atoms with Crippen LogP contribution in [0.5, 0.6) is 0 Å². The average molecular weight is 257 g/mol. The third kappa shape index (κ3) is 8.71. The van der Waals surface area contributed by atoms with Crippen LogP contribution >= 0.6 is 0 Å². The van der Waals surface area contributed by atoms with E-state index in [1.54, 1.807) is 0 Å². The topological polar surface area (TPSA) is 30.0 Å². The lowest BCUT2D eigenvalue weighted by Crippen LogP contribution is -2.50. The number of hydrogen-bond acceptors (Lipinski definition) is 1. The maximum atomic E-state index is 3.89. The summed E-state index contributed by atoms with van der Waals surface area (Å²) in [5, 5.41) is 0. The van der Waals surface area contributed by atoms with E-state index >= 15 is 0 Å². The van der Waals surface area contributed by atoms with E-state index in [1.807, 2.05) is 0 Å². The zero-order chi connectivity index (χ0) is 13.0. The summed E-state index contributed by atoms with van der Waals surface area (Å²) in [6.45, 7) is 16.3. The standard InChI is InChI=1S/C16H34N.H2O/c1-5-9-13-17(14-10-6-2,15-11-7-3)16-12-8-4;/h5H,1,6-16H2,2-4H3;1H2/q+1;/p-1. The molecule has 0 aliphatic heterocycles. The van der Waals surface area contributed by atoms with E-state index in [0.717, 1.165) is 0 Å². The second kappa shape index (κ2) is 13.1. The van der Waals surface area contributed by atoms with Gasteiger partial charge in [-0.2, -0.15) is 0 Å². The molecule has 0 rings (SSSR count). The number of unbranched alkanes of at least 4 members (excludes halogenated alkanes) is 3. The predicted octanol–water partition coefficient (Wildman–Crippen LogP) is 4.60. The smallest absolute Gasteiger partial charge is 0.0821 e. The van der Waals surface area contributed by atoms with E-state index in [0.29, 0.717) is 0 Å². The van der Waals surface area contributed by atoms with Gasteiger partial charge in [0.15, 0.2) is 0 Å². The Balaban J connectivity index is 0. The Morgan fingerprint density at radius 2 is 1.17 bits per heavy atom. The molecular formula is C16H35NO. The highest BCUT2D eigenvalue weighted by atomic mass is 16.0. The molecule has 0 aromatic carbocycles. The Bertz CT molecular complexity index is 158. The summed E-state index contributed by atoms with van der Waals surface area (Å²) in [4.78, 5) is 0. The van der Waals surface area contributed by atoms with Gasteiger partial charge in [-0.05, 0) is 19.3 Å². The summed E-state index contributed by atoms with van der Waals surface area (Å²) in [7, 11) is 0. The Hall–Kier alpha value is -0.340. The molecule has 110 valence electrons. The van der Waals surface area contributed by atoms with Crippen LogP contribution in [0.2, 0.25) is 0 Å². The van der Waals surface area contributed by atoms with Gasteiger partial charge in [-0.3, -0.25) is 0 Å². The number of quaternary nitrogens is 1. The van der Waals surface area contributed by atoms with Crippen molar-refractivity contribution in [2.24, 2.45) is 0 Å². The molecule has 2 heteroatoms. The third-order valence-corrected chi connectivity index (χ3v) is 3.77.